The molecule has 0 saturated carbocycles. The third-order valence-corrected chi connectivity index (χ3v) is 4.19. The van der Waals surface area contributed by atoms with Gasteiger partial charge in [-0.05, 0) is 31.8 Å². The first-order valence-corrected chi connectivity index (χ1v) is 7.07. The quantitative estimate of drug-likeness (QED) is 0.694. The normalized spacial score (nSPS) is 25.1. The number of carbonyl (C=O) groups is 1. The summed E-state index contributed by atoms with van der Waals surface area (Å²) in [6, 6.07) is 0. The van der Waals surface area contributed by atoms with E-state index in [4.69, 9.17) is 9.84 Å². The molecule has 6 heteroatoms. The minimum atomic E-state index is -0.945. The Morgan fingerprint density at radius 1 is 1.32 bits per heavy atom. The van der Waals surface area contributed by atoms with E-state index in [0.717, 1.165) is 32.5 Å². The first kappa shape index (κ1) is 14.6. The van der Waals surface area contributed by atoms with Gasteiger partial charge in [-0.1, -0.05) is 0 Å². The van der Waals surface area contributed by atoms with Crippen molar-refractivity contribution in [1.29, 1.82) is 0 Å². The topological polar surface area (TPSA) is 82.0 Å². The Labute approximate surface area is 113 Å². The van der Waals surface area contributed by atoms with Gasteiger partial charge in [0.15, 0.2) is 0 Å². The molecule has 0 aromatic carbocycles. The van der Waals surface area contributed by atoms with Gasteiger partial charge in [0, 0.05) is 39.1 Å². The molecule has 2 fully saturated rings. The first-order valence-electron chi connectivity index (χ1n) is 7.07. The highest BCUT2D eigenvalue weighted by Crippen LogP contribution is 2.24. The van der Waals surface area contributed by atoms with Crippen LogP contribution in [0.1, 0.15) is 25.7 Å². The number of hydrogen-bond acceptors (Lipinski definition) is 4. The molecule has 0 spiro atoms. The lowest BCUT2D eigenvalue weighted by molar-refractivity contribution is -0.0829. The minimum absolute atomic E-state index is 0.427. The summed E-state index contributed by atoms with van der Waals surface area (Å²) in [5.41, 5.74) is -0.593. The zero-order chi connectivity index (χ0) is 13.7. The summed E-state index contributed by atoms with van der Waals surface area (Å²) in [5, 5.41) is 21.5. The molecule has 2 aliphatic heterocycles. The summed E-state index contributed by atoms with van der Waals surface area (Å²) in [4.78, 5) is 12.7. The summed E-state index contributed by atoms with van der Waals surface area (Å²) < 4.78 is 5.28. The standard InChI is InChI=1S/C13H24N2O4/c16-12(17)14-9-11-1-5-15(6-2-11)10-13(18)3-7-19-8-4-13/h11,14,18H,1-10H2,(H,16,17). The molecule has 0 bridgehead atoms. The molecule has 0 aromatic rings. The van der Waals surface area contributed by atoms with Crippen molar-refractivity contribution in [3.05, 3.63) is 0 Å². The molecule has 19 heavy (non-hydrogen) atoms. The second-order valence-electron chi connectivity index (χ2n) is 5.74. The largest absolute Gasteiger partial charge is 0.465 e. The van der Waals surface area contributed by atoms with E-state index in [0.29, 0.717) is 38.5 Å². The second kappa shape index (κ2) is 6.54. The zero-order valence-corrected chi connectivity index (χ0v) is 11.3. The fourth-order valence-electron chi connectivity index (χ4n) is 2.91. The Hall–Kier alpha value is -0.850. The summed E-state index contributed by atoms with van der Waals surface area (Å²) >= 11 is 0. The average molecular weight is 272 g/mol. The van der Waals surface area contributed by atoms with E-state index in [1.165, 1.54) is 0 Å². The number of β-amino-alcohol motifs (C(OH)–C–C–N with tert-alkyl or cyclic N) is 1. The van der Waals surface area contributed by atoms with Crippen LogP contribution in [0.5, 0.6) is 0 Å². The van der Waals surface area contributed by atoms with Gasteiger partial charge in [-0.25, -0.2) is 4.79 Å². The molecule has 6 nitrogen and oxygen atoms in total. The van der Waals surface area contributed by atoms with Crippen molar-refractivity contribution < 1.29 is 19.7 Å². The van der Waals surface area contributed by atoms with Crippen molar-refractivity contribution in [3.63, 3.8) is 0 Å². The fraction of sp³-hybridized carbons (Fsp3) is 0.923. The number of likely N-dealkylation sites (tertiary alicyclic amines) is 1. The van der Waals surface area contributed by atoms with E-state index in [2.05, 4.69) is 10.2 Å². The fourth-order valence-corrected chi connectivity index (χ4v) is 2.91. The van der Waals surface area contributed by atoms with Gasteiger partial charge in [0.1, 0.15) is 0 Å². The third-order valence-electron chi connectivity index (χ3n) is 4.19. The number of rotatable bonds is 4. The van der Waals surface area contributed by atoms with Crippen molar-refractivity contribution in [2.45, 2.75) is 31.3 Å². The number of piperidine rings is 1. The van der Waals surface area contributed by atoms with Gasteiger partial charge < -0.3 is 25.2 Å². The molecular formula is C13H24N2O4. The van der Waals surface area contributed by atoms with Crippen LogP contribution >= 0.6 is 0 Å². The van der Waals surface area contributed by atoms with E-state index in [1.807, 2.05) is 0 Å². The van der Waals surface area contributed by atoms with Gasteiger partial charge in [-0.3, -0.25) is 0 Å². The van der Waals surface area contributed by atoms with Gasteiger partial charge in [0.2, 0.25) is 0 Å². The van der Waals surface area contributed by atoms with Crippen molar-refractivity contribution in [2.75, 3.05) is 39.4 Å². The van der Waals surface area contributed by atoms with E-state index in [1.54, 1.807) is 0 Å². The van der Waals surface area contributed by atoms with Crippen molar-refractivity contribution >= 4 is 6.09 Å². The van der Waals surface area contributed by atoms with Gasteiger partial charge in [0.25, 0.3) is 0 Å². The Bertz CT molecular complexity index is 297. The summed E-state index contributed by atoms with van der Waals surface area (Å²) in [6.45, 7) is 4.44. The van der Waals surface area contributed by atoms with Gasteiger partial charge in [0.05, 0.1) is 5.60 Å². The maximum absolute atomic E-state index is 10.5. The van der Waals surface area contributed by atoms with E-state index in [9.17, 15) is 9.90 Å². The molecule has 0 atom stereocenters. The van der Waals surface area contributed by atoms with Gasteiger partial charge in [-0.15, -0.1) is 0 Å². The molecule has 0 unspecified atom stereocenters. The van der Waals surface area contributed by atoms with Crippen LogP contribution in [-0.2, 0) is 4.74 Å². The molecule has 0 aliphatic carbocycles. The molecule has 2 rings (SSSR count). The van der Waals surface area contributed by atoms with Gasteiger partial charge in [-0.2, -0.15) is 0 Å². The molecule has 110 valence electrons. The van der Waals surface area contributed by atoms with Crippen molar-refractivity contribution in [2.24, 2.45) is 5.92 Å². The predicted octanol–water partition coefficient (Wildman–Crippen LogP) is 0.507. The Balaban J connectivity index is 1.69. The summed E-state index contributed by atoms with van der Waals surface area (Å²) in [5.74, 6) is 0.427. The number of ether oxygens (including phenoxy) is 1. The number of carboxylic acid groups (broad SMARTS) is 1. The number of aliphatic hydroxyl groups is 1. The lowest BCUT2D eigenvalue weighted by Crippen LogP contribution is -2.49. The number of amides is 1. The minimum Gasteiger partial charge on any atom is -0.465 e. The van der Waals surface area contributed by atoms with Crippen LogP contribution in [0, 0.1) is 5.92 Å². The van der Waals surface area contributed by atoms with Crippen LogP contribution < -0.4 is 5.32 Å². The highest BCUT2D eigenvalue weighted by Gasteiger charge is 2.33. The predicted molar refractivity (Wildman–Crippen MR) is 70.2 cm³/mol. The number of nitrogens with one attached hydrogen (secondary N) is 1. The highest BCUT2D eigenvalue weighted by atomic mass is 16.5. The van der Waals surface area contributed by atoms with Crippen LogP contribution in [0.2, 0.25) is 0 Å². The Morgan fingerprint density at radius 2 is 1.95 bits per heavy atom. The van der Waals surface area contributed by atoms with Crippen LogP contribution in [0.25, 0.3) is 0 Å². The average Bonchev–Trinajstić information content (AvgIpc) is 2.38. The molecule has 1 amide bonds. The summed E-state index contributed by atoms with van der Waals surface area (Å²) in [7, 11) is 0. The molecule has 2 saturated heterocycles. The molecule has 2 aliphatic rings. The maximum Gasteiger partial charge on any atom is 0.404 e. The molecule has 0 radical (unpaired) electrons. The molecule has 0 aromatic heterocycles. The Kier molecular flexibility index (Phi) is 5.01. The van der Waals surface area contributed by atoms with Crippen LogP contribution in [-0.4, -0.2) is 66.2 Å². The van der Waals surface area contributed by atoms with Crippen molar-refractivity contribution in [1.82, 2.24) is 10.2 Å². The summed E-state index contributed by atoms with van der Waals surface area (Å²) in [6.07, 6.45) is 2.47. The zero-order valence-electron chi connectivity index (χ0n) is 11.3. The first-order chi connectivity index (χ1) is 9.07. The number of nitrogens with zero attached hydrogens (tertiary/aromatic N) is 1. The molecule has 2 heterocycles. The molecular weight excluding hydrogens is 248 g/mol. The maximum atomic E-state index is 10.5. The SMILES string of the molecule is O=C(O)NCC1CCN(CC2(O)CCOCC2)CC1. The van der Waals surface area contributed by atoms with E-state index < -0.39 is 11.7 Å². The monoisotopic (exact) mass is 272 g/mol. The number of hydrogen-bond donors (Lipinski definition) is 3. The van der Waals surface area contributed by atoms with Crippen LogP contribution in [0.3, 0.4) is 0 Å². The van der Waals surface area contributed by atoms with Crippen LogP contribution in [0.15, 0.2) is 0 Å². The van der Waals surface area contributed by atoms with Crippen molar-refractivity contribution in [3.8, 4) is 0 Å². The Morgan fingerprint density at radius 3 is 2.53 bits per heavy atom. The van der Waals surface area contributed by atoms with Gasteiger partial charge >= 0.3 is 6.09 Å². The lowest BCUT2D eigenvalue weighted by Gasteiger charge is -2.39. The van der Waals surface area contributed by atoms with E-state index >= 15 is 0 Å². The third kappa shape index (κ3) is 4.63. The smallest absolute Gasteiger partial charge is 0.404 e. The second-order valence-corrected chi connectivity index (χ2v) is 5.74. The lowest BCUT2D eigenvalue weighted by atomic mass is 9.91. The molecule has 3 N–H and O–H groups in total. The van der Waals surface area contributed by atoms with E-state index in [-0.39, 0.29) is 0 Å². The van der Waals surface area contributed by atoms with Crippen LogP contribution in [0.4, 0.5) is 4.79 Å². The highest BCUT2D eigenvalue weighted by molar-refractivity contribution is 5.64.